The topological polar surface area (TPSA) is 37.3 Å². The Morgan fingerprint density at radius 2 is 2.00 bits per heavy atom. The van der Waals surface area contributed by atoms with Crippen LogP contribution in [-0.2, 0) is 3.83 Å². The number of hydrogen-bond acceptors (Lipinski definition) is 1. The number of hydrogen-bond donors (Lipinski definition) is 1. The molecule has 0 aliphatic rings. The molecule has 0 radical (unpaired) electrons. The third-order valence-corrected chi connectivity index (χ3v) is 12.7. The molecule has 1 heterocycles. The third-order valence-electron chi connectivity index (χ3n) is 1.66. The number of benzene rings is 1. The summed E-state index contributed by atoms with van der Waals surface area (Å²) in [5, 5.41) is 0. The van der Waals surface area contributed by atoms with Gasteiger partial charge in [0.05, 0.1) is 0 Å². The van der Waals surface area contributed by atoms with Crippen molar-refractivity contribution in [2.75, 3.05) is 0 Å². The van der Waals surface area contributed by atoms with Crippen LogP contribution in [0.5, 0.6) is 0 Å². The van der Waals surface area contributed by atoms with Gasteiger partial charge >= 0.3 is 98.7 Å². The molecule has 0 saturated heterocycles. The zero-order valence-electron chi connectivity index (χ0n) is 7.04. The Kier molecular flexibility index (Phi) is 3.64. The Morgan fingerprint density at radius 1 is 1.29 bits per heavy atom. The zero-order chi connectivity index (χ0) is 9.97. The Balaban J connectivity index is 2.39. The van der Waals surface area contributed by atoms with Crippen molar-refractivity contribution in [3.63, 3.8) is 0 Å². The zero-order valence-corrected chi connectivity index (χ0v) is 12.2. The predicted molar refractivity (Wildman–Crippen MR) is 58.5 cm³/mol. The van der Waals surface area contributed by atoms with Crippen LogP contribution in [0.2, 0.25) is 0 Å². The van der Waals surface area contributed by atoms with Gasteiger partial charge in [-0.3, -0.25) is 0 Å². The van der Waals surface area contributed by atoms with Crippen molar-refractivity contribution >= 4 is 45.4 Å². The molecule has 2 aromatic rings. The molecule has 0 bridgehead atoms. The van der Waals surface area contributed by atoms with Crippen molar-refractivity contribution in [3.05, 3.63) is 35.3 Å². The fourth-order valence-electron chi connectivity index (χ4n) is 1.05. The molecule has 0 aliphatic carbocycles. The first kappa shape index (κ1) is 10.7. The maximum atomic E-state index is 10.9. The van der Waals surface area contributed by atoms with Crippen LogP contribution < -0.4 is 2.21 Å². The van der Waals surface area contributed by atoms with E-state index in [1.165, 1.54) is 10.0 Å². The first-order valence-electron chi connectivity index (χ1n) is 3.85. The Morgan fingerprint density at radius 3 is 2.57 bits per heavy atom. The molecule has 1 aromatic heterocycles. The Hall–Kier alpha value is 0.148. The van der Waals surface area contributed by atoms with Gasteiger partial charge in [-0.05, 0) is 0 Å². The monoisotopic (exact) mass is 387 g/mol. The van der Waals surface area contributed by atoms with Crippen molar-refractivity contribution < 1.29 is 8.02 Å². The quantitative estimate of drug-likeness (QED) is 0.733. The van der Waals surface area contributed by atoms with E-state index in [-0.39, 0.29) is 29.0 Å². The van der Waals surface area contributed by atoms with Crippen molar-refractivity contribution in [2.45, 2.75) is 0 Å². The van der Waals surface area contributed by atoms with Crippen LogP contribution in [0, 0.1) is 0 Å². The summed E-state index contributed by atoms with van der Waals surface area (Å²) in [7, 11) is 0. The second kappa shape index (κ2) is 4.78. The van der Waals surface area contributed by atoms with Gasteiger partial charge in [0.2, 0.25) is 0 Å². The van der Waals surface area contributed by atoms with Crippen LogP contribution in [0.1, 0.15) is 0 Å². The van der Waals surface area contributed by atoms with E-state index in [1.807, 2.05) is 18.2 Å². The Labute approximate surface area is 98.1 Å². The standard InChI is InChI=1S/C9H6O2Se3/c10-14(11)9-12-6-8(13-9)7-4-2-1-3-5-7/h1-6H/p+1. The molecule has 0 fully saturated rings. The molecular weight excluding hydrogens is 377 g/mol. The second-order valence-corrected chi connectivity index (χ2v) is 12.5. The van der Waals surface area contributed by atoms with E-state index in [1.54, 1.807) is 0 Å². The average molecular weight is 384 g/mol. The summed E-state index contributed by atoms with van der Waals surface area (Å²) in [5.74, 6) is 0. The van der Waals surface area contributed by atoms with Gasteiger partial charge in [0, 0.05) is 0 Å². The molecule has 0 aliphatic heterocycles. The molecular formula is C9H7O2Se3+. The van der Waals surface area contributed by atoms with Crippen molar-refractivity contribution in [2.24, 2.45) is 0 Å². The second-order valence-electron chi connectivity index (χ2n) is 2.57. The van der Waals surface area contributed by atoms with E-state index < -0.39 is 14.2 Å². The average Bonchev–Trinajstić information content (AvgIpc) is 2.68. The van der Waals surface area contributed by atoms with Gasteiger partial charge in [0.25, 0.3) is 0 Å². The molecule has 0 saturated carbocycles. The minimum absolute atomic E-state index is 0.127. The van der Waals surface area contributed by atoms with Crippen LogP contribution in [0.4, 0.5) is 0 Å². The molecule has 1 atom stereocenters. The van der Waals surface area contributed by atoms with Crippen molar-refractivity contribution in [1.29, 1.82) is 0 Å². The Bertz CT molecular complexity index is 450. The summed E-state index contributed by atoms with van der Waals surface area (Å²) in [5.41, 5.74) is 1.21. The molecule has 0 spiro atoms. The van der Waals surface area contributed by atoms with Gasteiger partial charge < -0.3 is 0 Å². The van der Waals surface area contributed by atoms with Gasteiger partial charge in [-0.1, -0.05) is 0 Å². The van der Waals surface area contributed by atoms with E-state index >= 15 is 0 Å². The van der Waals surface area contributed by atoms with Crippen LogP contribution >= 0.6 is 0 Å². The van der Waals surface area contributed by atoms with Crippen LogP contribution in [-0.4, -0.2) is 47.4 Å². The first-order valence-corrected chi connectivity index (χ1v) is 9.73. The van der Waals surface area contributed by atoms with Gasteiger partial charge in [0.1, 0.15) is 0 Å². The summed E-state index contributed by atoms with van der Waals surface area (Å²) in [6, 6.07) is 10.1. The summed E-state index contributed by atoms with van der Waals surface area (Å²) in [4.78, 5) is 2.14. The third kappa shape index (κ3) is 2.39. The van der Waals surface area contributed by atoms with E-state index in [2.05, 4.69) is 17.1 Å². The van der Waals surface area contributed by atoms with E-state index in [0.29, 0.717) is 0 Å². The minimum atomic E-state index is -2.59. The molecule has 1 N–H and O–H groups in total. The van der Waals surface area contributed by atoms with Crippen LogP contribution in [0.15, 0.2) is 35.3 Å². The van der Waals surface area contributed by atoms with Gasteiger partial charge in [-0.15, -0.1) is 0 Å². The molecule has 2 rings (SSSR count). The summed E-state index contributed by atoms with van der Waals surface area (Å²) in [6.07, 6.45) is 0. The molecule has 1 aromatic carbocycles. The van der Waals surface area contributed by atoms with E-state index in [0.717, 1.165) is 2.21 Å². The molecule has 1 unspecified atom stereocenters. The van der Waals surface area contributed by atoms with Gasteiger partial charge in [-0.25, -0.2) is 0 Å². The molecule has 5 heteroatoms. The summed E-state index contributed by atoms with van der Waals surface area (Å²) in [6.45, 7) is 0. The van der Waals surface area contributed by atoms with Crippen LogP contribution in [0.3, 0.4) is 0 Å². The molecule has 0 amide bonds. The van der Waals surface area contributed by atoms with Gasteiger partial charge in [-0.2, -0.15) is 0 Å². The molecule has 72 valence electrons. The van der Waals surface area contributed by atoms with Crippen molar-refractivity contribution in [1.82, 2.24) is 0 Å². The predicted octanol–water partition coefficient (Wildman–Crippen LogP) is -0.133. The van der Waals surface area contributed by atoms with Gasteiger partial charge in [0.15, 0.2) is 0 Å². The first-order chi connectivity index (χ1) is 6.77. The fraction of sp³-hybridized carbons (Fsp3) is 0. The summed E-state index contributed by atoms with van der Waals surface area (Å²) < 4.78 is 22.2. The maximum absolute atomic E-state index is 10.9. The van der Waals surface area contributed by atoms with Crippen LogP contribution in [0.25, 0.3) is 10.0 Å². The molecule has 2 nitrogen and oxygen atoms in total. The molecule has 14 heavy (non-hydrogen) atoms. The summed E-state index contributed by atoms with van der Waals surface area (Å²) >= 11 is -2.30. The van der Waals surface area contributed by atoms with E-state index in [4.69, 9.17) is 4.19 Å². The SMILES string of the molecule is O=[Se](O)c1[se]c(-c2ccccc2)c[se+]1. The number of rotatable bonds is 2. The van der Waals surface area contributed by atoms with Crippen molar-refractivity contribution in [3.8, 4) is 10.0 Å². The normalized spacial score (nSPS) is 12.6. The fourth-order valence-corrected chi connectivity index (χ4v) is 9.45. The van der Waals surface area contributed by atoms with E-state index in [9.17, 15) is 3.83 Å².